The third-order valence-corrected chi connectivity index (χ3v) is 5.86. The molecule has 0 spiro atoms. The lowest BCUT2D eigenvalue weighted by molar-refractivity contribution is -0.121. The molecule has 0 aliphatic heterocycles. The maximum atomic E-state index is 10.9. The van der Waals surface area contributed by atoms with Gasteiger partial charge in [0.25, 0.3) is 0 Å². The minimum absolute atomic E-state index is 0.0577. The third-order valence-electron chi connectivity index (χ3n) is 5.86. The molecule has 188 valence electrons. The van der Waals surface area contributed by atoms with Crippen LogP contribution in [0.2, 0.25) is 0 Å². The smallest absolute Gasteiger partial charge is 0.335 e. The number of primary amides is 1. The van der Waals surface area contributed by atoms with E-state index in [1.54, 1.807) is 0 Å². The molecule has 0 aliphatic carbocycles. The number of carboxylic acids is 2. The molecule has 0 fully saturated rings. The Kier molecular flexibility index (Phi) is 18.8. The van der Waals surface area contributed by atoms with Gasteiger partial charge in [0.2, 0.25) is 5.91 Å². The van der Waals surface area contributed by atoms with Crippen LogP contribution in [0.4, 0.5) is 0 Å². The van der Waals surface area contributed by atoms with Gasteiger partial charge in [0.1, 0.15) is 0 Å². The summed E-state index contributed by atoms with van der Waals surface area (Å²) in [5.41, 5.74) is 5.42. The summed E-state index contributed by atoms with van der Waals surface area (Å²) in [6.45, 7) is 4.21. The van der Waals surface area contributed by atoms with Gasteiger partial charge in [-0.2, -0.15) is 0 Å². The molecule has 1 aromatic carbocycles. The van der Waals surface area contributed by atoms with Crippen LogP contribution in [0.1, 0.15) is 131 Å². The van der Waals surface area contributed by atoms with Gasteiger partial charge in [-0.3, -0.25) is 4.79 Å². The lowest BCUT2D eigenvalue weighted by Gasteiger charge is -2.06. The van der Waals surface area contributed by atoms with Gasteiger partial charge >= 0.3 is 11.9 Å². The standard InChI is InChI=1S/C19H39NO.C8H6O4/c1-3-4-5-6-7-8-9-10-11-12-13-14-15-16-17-18(2)19(20)21;9-7(10)5-1-2-6(4-3-5)8(11)12/h18H,3-17H2,1-2H3,(H2,20,21);1-4H,(H,9,10)(H,11,12). The second kappa shape index (κ2) is 20.3. The van der Waals surface area contributed by atoms with Crippen molar-refractivity contribution in [3.8, 4) is 0 Å². The van der Waals surface area contributed by atoms with Crippen molar-refractivity contribution in [2.45, 2.75) is 110 Å². The number of unbranched alkanes of at least 4 members (excludes halogenated alkanes) is 13. The molecule has 1 amide bonds. The summed E-state index contributed by atoms with van der Waals surface area (Å²) in [5.74, 6) is -2.22. The molecule has 0 heterocycles. The molecule has 6 nitrogen and oxygen atoms in total. The average Bonchev–Trinajstić information content (AvgIpc) is 2.79. The Morgan fingerprint density at radius 3 is 1.24 bits per heavy atom. The van der Waals surface area contributed by atoms with Crippen molar-refractivity contribution in [3.05, 3.63) is 35.4 Å². The fourth-order valence-corrected chi connectivity index (χ4v) is 3.54. The van der Waals surface area contributed by atoms with Crippen molar-refractivity contribution in [2.75, 3.05) is 0 Å². The minimum atomic E-state index is -1.06. The first-order valence-corrected chi connectivity index (χ1v) is 12.7. The normalized spacial score (nSPS) is 11.3. The summed E-state index contributed by atoms with van der Waals surface area (Å²) in [5, 5.41) is 16.9. The molecule has 0 aliphatic rings. The quantitative estimate of drug-likeness (QED) is 0.201. The van der Waals surface area contributed by atoms with Crippen molar-refractivity contribution in [1.82, 2.24) is 0 Å². The molecule has 0 aromatic heterocycles. The Morgan fingerprint density at radius 2 is 0.970 bits per heavy atom. The van der Waals surface area contributed by atoms with Gasteiger partial charge in [-0.05, 0) is 30.7 Å². The number of hydrogen-bond donors (Lipinski definition) is 3. The van der Waals surface area contributed by atoms with Gasteiger partial charge in [0, 0.05) is 5.92 Å². The highest BCUT2D eigenvalue weighted by Gasteiger charge is 2.07. The Hall–Kier alpha value is -2.37. The lowest BCUT2D eigenvalue weighted by Crippen LogP contribution is -2.20. The number of aromatic carboxylic acids is 2. The number of carbonyl (C=O) groups excluding carboxylic acids is 1. The van der Waals surface area contributed by atoms with Gasteiger partial charge in [-0.15, -0.1) is 0 Å². The number of rotatable bonds is 18. The van der Waals surface area contributed by atoms with Gasteiger partial charge in [0.05, 0.1) is 11.1 Å². The zero-order chi connectivity index (χ0) is 24.9. The van der Waals surface area contributed by atoms with Gasteiger partial charge in [-0.1, -0.05) is 104 Å². The zero-order valence-corrected chi connectivity index (χ0v) is 20.7. The van der Waals surface area contributed by atoms with E-state index in [-0.39, 0.29) is 23.0 Å². The molecule has 0 saturated carbocycles. The van der Waals surface area contributed by atoms with E-state index in [9.17, 15) is 14.4 Å². The van der Waals surface area contributed by atoms with Gasteiger partial charge < -0.3 is 15.9 Å². The highest BCUT2D eigenvalue weighted by Crippen LogP contribution is 2.14. The second-order valence-electron chi connectivity index (χ2n) is 8.88. The topological polar surface area (TPSA) is 118 Å². The van der Waals surface area contributed by atoms with Crippen LogP contribution in [0.15, 0.2) is 24.3 Å². The molecule has 0 bridgehead atoms. The largest absolute Gasteiger partial charge is 0.478 e. The molecule has 0 saturated heterocycles. The third kappa shape index (κ3) is 17.8. The lowest BCUT2D eigenvalue weighted by atomic mass is 10.0. The summed E-state index contributed by atoms with van der Waals surface area (Å²) in [6, 6.07) is 5.02. The first kappa shape index (κ1) is 30.6. The van der Waals surface area contributed by atoms with E-state index in [4.69, 9.17) is 15.9 Å². The van der Waals surface area contributed by atoms with Crippen LogP contribution < -0.4 is 5.73 Å². The van der Waals surface area contributed by atoms with Crippen LogP contribution in [0, 0.1) is 5.92 Å². The first-order chi connectivity index (χ1) is 15.8. The summed E-state index contributed by atoms with van der Waals surface area (Å²) in [4.78, 5) is 31.6. The maximum absolute atomic E-state index is 10.9. The first-order valence-electron chi connectivity index (χ1n) is 12.7. The number of carbonyl (C=O) groups is 3. The Labute approximate surface area is 200 Å². The predicted molar refractivity (Wildman–Crippen MR) is 134 cm³/mol. The summed E-state index contributed by atoms with van der Waals surface area (Å²) in [6.07, 6.45) is 20.2. The van der Waals surface area contributed by atoms with Crippen LogP contribution >= 0.6 is 0 Å². The molecule has 33 heavy (non-hydrogen) atoms. The fraction of sp³-hybridized carbons (Fsp3) is 0.667. The van der Waals surface area contributed by atoms with Crippen molar-refractivity contribution in [3.63, 3.8) is 0 Å². The molecular weight excluding hydrogens is 418 g/mol. The molecule has 6 heteroatoms. The van der Waals surface area contributed by atoms with Crippen LogP contribution in [0.25, 0.3) is 0 Å². The molecule has 1 unspecified atom stereocenters. The Morgan fingerprint density at radius 1 is 0.667 bits per heavy atom. The van der Waals surface area contributed by atoms with Crippen molar-refractivity contribution >= 4 is 17.8 Å². The fourth-order valence-electron chi connectivity index (χ4n) is 3.54. The van der Waals surface area contributed by atoms with E-state index in [1.807, 2.05) is 6.92 Å². The number of nitrogens with two attached hydrogens (primary N) is 1. The molecule has 0 radical (unpaired) electrons. The highest BCUT2D eigenvalue weighted by atomic mass is 16.4. The Balaban J connectivity index is 0.000000716. The summed E-state index contributed by atoms with van der Waals surface area (Å²) >= 11 is 0. The van der Waals surface area contributed by atoms with Gasteiger partial charge in [-0.25, -0.2) is 9.59 Å². The van der Waals surface area contributed by atoms with Gasteiger partial charge in [0.15, 0.2) is 0 Å². The molecule has 1 aromatic rings. The van der Waals surface area contributed by atoms with Crippen molar-refractivity contribution < 1.29 is 24.6 Å². The van der Waals surface area contributed by atoms with E-state index in [0.29, 0.717) is 0 Å². The average molecular weight is 464 g/mol. The number of hydrogen-bond acceptors (Lipinski definition) is 3. The predicted octanol–water partition coefficient (Wildman–Crippen LogP) is 7.06. The number of benzene rings is 1. The Bertz CT molecular complexity index is 624. The molecule has 1 atom stereocenters. The van der Waals surface area contributed by atoms with Crippen molar-refractivity contribution in [1.29, 1.82) is 0 Å². The minimum Gasteiger partial charge on any atom is -0.478 e. The summed E-state index contributed by atoms with van der Waals surface area (Å²) in [7, 11) is 0. The van der Waals surface area contributed by atoms with Crippen LogP contribution in [0.5, 0.6) is 0 Å². The zero-order valence-electron chi connectivity index (χ0n) is 20.7. The molecule has 4 N–H and O–H groups in total. The second-order valence-corrected chi connectivity index (χ2v) is 8.88. The SMILES string of the molecule is CCCCCCCCCCCCCCCCC(C)C(N)=O.O=C(O)c1ccc(C(=O)O)cc1. The highest BCUT2D eigenvalue weighted by molar-refractivity contribution is 5.91. The van der Waals surface area contributed by atoms with E-state index in [0.717, 1.165) is 12.8 Å². The van der Waals surface area contributed by atoms with Crippen LogP contribution in [-0.2, 0) is 4.79 Å². The van der Waals surface area contributed by atoms with Crippen molar-refractivity contribution in [2.24, 2.45) is 11.7 Å². The van der Waals surface area contributed by atoms with E-state index in [1.165, 1.54) is 108 Å². The number of carboxylic acid groups (broad SMARTS) is 2. The molecular formula is C27H45NO5. The van der Waals surface area contributed by atoms with E-state index < -0.39 is 11.9 Å². The van der Waals surface area contributed by atoms with E-state index in [2.05, 4.69) is 6.92 Å². The maximum Gasteiger partial charge on any atom is 0.335 e. The van der Waals surface area contributed by atoms with E-state index >= 15 is 0 Å². The van der Waals surface area contributed by atoms with Crippen LogP contribution in [0.3, 0.4) is 0 Å². The monoisotopic (exact) mass is 463 g/mol. The molecule has 1 rings (SSSR count). The number of amides is 1. The van der Waals surface area contributed by atoms with Crippen LogP contribution in [-0.4, -0.2) is 28.1 Å². The summed E-state index contributed by atoms with van der Waals surface area (Å²) < 4.78 is 0.